The Morgan fingerprint density at radius 2 is 1.31 bits per heavy atom. The van der Waals surface area contributed by atoms with Crippen LogP contribution in [-0.4, -0.2) is 61.1 Å². The van der Waals surface area contributed by atoms with Crippen molar-refractivity contribution in [3.8, 4) is 0 Å². The van der Waals surface area contributed by atoms with E-state index in [2.05, 4.69) is 46.6 Å². The second-order valence-electron chi connectivity index (χ2n) is 12.2. The summed E-state index contributed by atoms with van der Waals surface area (Å²) in [6, 6.07) is 0. The summed E-state index contributed by atoms with van der Waals surface area (Å²) in [6.45, 7) is 17.2. The van der Waals surface area contributed by atoms with E-state index in [0.717, 1.165) is 32.3 Å². The molecule has 7 heteroatoms. The number of unbranched alkanes of at least 4 members (excludes halogenated alkanes) is 8. The highest BCUT2D eigenvalue weighted by molar-refractivity contribution is 5.59. The molecule has 0 amide bonds. The Morgan fingerprint density at radius 3 is 1.81 bits per heavy atom. The molecule has 2 aliphatic rings. The SMILES string of the molecule is CCCCCCCCCCCON1C(C)(C)CC2(CC1(C)C)OCC(CC)(COC(=O)OCC)CO2. The third-order valence-electron chi connectivity index (χ3n) is 7.76. The molecule has 2 aliphatic heterocycles. The highest BCUT2D eigenvalue weighted by Gasteiger charge is 2.57. The lowest BCUT2D eigenvalue weighted by molar-refractivity contribution is -0.384. The van der Waals surface area contributed by atoms with Crippen LogP contribution in [0.1, 0.15) is 126 Å². The molecule has 0 aliphatic carbocycles. The number of rotatable bonds is 15. The normalized spacial score (nSPS) is 22.4. The first-order valence-electron chi connectivity index (χ1n) is 14.5. The summed E-state index contributed by atoms with van der Waals surface area (Å²) in [4.78, 5) is 18.1. The Balaban J connectivity index is 1.82. The quantitative estimate of drug-likeness (QED) is 0.167. The topological polar surface area (TPSA) is 66.5 Å². The molecule has 2 rings (SSSR count). The molecule has 0 radical (unpaired) electrons. The van der Waals surface area contributed by atoms with Crippen molar-refractivity contribution >= 4 is 6.16 Å². The molecule has 2 heterocycles. The summed E-state index contributed by atoms with van der Waals surface area (Å²) in [7, 11) is 0. The minimum atomic E-state index is -0.659. The number of nitrogens with zero attached hydrogens (tertiary/aromatic N) is 1. The van der Waals surface area contributed by atoms with Crippen LogP contribution >= 0.6 is 0 Å². The van der Waals surface area contributed by atoms with E-state index < -0.39 is 11.9 Å². The number of ether oxygens (including phenoxy) is 4. The molecule has 0 bridgehead atoms. The lowest BCUT2D eigenvalue weighted by Crippen LogP contribution is -2.68. The fourth-order valence-electron chi connectivity index (χ4n) is 5.88. The maximum Gasteiger partial charge on any atom is 0.508 e. The van der Waals surface area contributed by atoms with E-state index in [-0.39, 0.29) is 23.1 Å². The molecule has 36 heavy (non-hydrogen) atoms. The second-order valence-corrected chi connectivity index (χ2v) is 12.2. The van der Waals surface area contributed by atoms with Gasteiger partial charge in [-0.15, -0.1) is 0 Å². The van der Waals surface area contributed by atoms with E-state index in [1.165, 1.54) is 51.4 Å². The van der Waals surface area contributed by atoms with Crippen LogP contribution in [0.4, 0.5) is 4.79 Å². The summed E-state index contributed by atoms with van der Waals surface area (Å²) in [5, 5.41) is 2.19. The van der Waals surface area contributed by atoms with Crippen LogP contribution in [0, 0.1) is 5.41 Å². The molecule has 0 N–H and O–H groups in total. The van der Waals surface area contributed by atoms with E-state index >= 15 is 0 Å². The predicted octanol–water partition coefficient (Wildman–Crippen LogP) is 7.41. The Morgan fingerprint density at radius 1 is 0.778 bits per heavy atom. The second kappa shape index (κ2) is 14.3. The first kappa shape index (κ1) is 31.3. The molecule has 2 fully saturated rings. The maximum atomic E-state index is 11.7. The Kier molecular flexibility index (Phi) is 12.5. The molecule has 0 saturated carbocycles. The summed E-state index contributed by atoms with van der Waals surface area (Å²) < 4.78 is 23.2. The van der Waals surface area contributed by atoms with Gasteiger partial charge in [0.05, 0.1) is 31.8 Å². The summed E-state index contributed by atoms with van der Waals surface area (Å²) in [5.74, 6) is -0.659. The largest absolute Gasteiger partial charge is 0.508 e. The molecule has 212 valence electrons. The molecule has 0 atom stereocenters. The zero-order chi connectivity index (χ0) is 26.7. The summed E-state index contributed by atoms with van der Waals surface area (Å²) in [5.41, 5.74) is -0.834. The van der Waals surface area contributed by atoms with E-state index in [0.29, 0.717) is 19.8 Å². The fraction of sp³-hybridized carbons (Fsp3) is 0.966. The lowest BCUT2D eigenvalue weighted by Gasteiger charge is -2.59. The van der Waals surface area contributed by atoms with Crippen molar-refractivity contribution in [3.05, 3.63) is 0 Å². The van der Waals surface area contributed by atoms with Crippen molar-refractivity contribution < 1.29 is 28.6 Å². The standard InChI is InChI=1S/C29H55NO6/c1-8-11-12-13-14-15-16-17-18-19-36-30-26(4,5)20-29(21-27(30,6)7)34-23-28(9-2,24-35-29)22-33-25(31)32-10-3/h8-24H2,1-7H3. The molecular formula is C29H55NO6. The number of carbonyl (C=O) groups is 1. The van der Waals surface area contributed by atoms with Crippen molar-refractivity contribution in [2.75, 3.05) is 33.0 Å². The monoisotopic (exact) mass is 513 g/mol. The maximum absolute atomic E-state index is 11.7. The average Bonchev–Trinajstić information content (AvgIpc) is 2.81. The Bertz CT molecular complexity index is 622. The third-order valence-corrected chi connectivity index (χ3v) is 7.76. The number of carbonyl (C=O) groups excluding carboxylic acids is 1. The zero-order valence-corrected chi connectivity index (χ0v) is 24.4. The van der Waals surface area contributed by atoms with Crippen LogP contribution in [0.25, 0.3) is 0 Å². The van der Waals surface area contributed by atoms with Crippen LogP contribution in [0.2, 0.25) is 0 Å². The van der Waals surface area contributed by atoms with Crippen molar-refractivity contribution in [3.63, 3.8) is 0 Å². The van der Waals surface area contributed by atoms with Crippen LogP contribution in [-0.2, 0) is 23.8 Å². The van der Waals surface area contributed by atoms with Gasteiger partial charge in [-0.3, -0.25) is 4.84 Å². The number of hydrogen-bond acceptors (Lipinski definition) is 7. The van der Waals surface area contributed by atoms with Gasteiger partial charge in [-0.1, -0.05) is 65.2 Å². The van der Waals surface area contributed by atoms with Crippen molar-refractivity contribution in [2.24, 2.45) is 5.41 Å². The first-order valence-corrected chi connectivity index (χ1v) is 14.5. The van der Waals surface area contributed by atoms with Gasteiger partial charge in [-0.05, 0) is 47.5 Å². The minimum Gasteiger partial charge on any atom is -0.435 e. The fourth-order valence-corrected chi connectivity index (χ4v) is 5.88. The van der Waals surface area contributed by atoms with Gasteiger partial charge in [0.25, 0.3) is 0 Å². The molecular weight excluding hydrogens is 458 g/mol. The van der Waals surface area contributed by atoms with E-state index in [4.69, 9.17) is 23.8 Å². The van der Waals surface area contributed by atoms with Gasteiger partial charge in [0.15, 0.2) is 5.79 Å². The molecule has 0 aromatic rings. The lowest BCUT2D eigenvalue weighted by atomic mass is 9.76. The zero-order valence-electron chi connectivity index (χ0n) is 24.4. The highest BCUT2D eigenvalue weighted by atomic mass is 16.7. The first-order chi connectivity index (χ1) is 17.0. The van der Waals surface area contributed by atoms with Gasteiger partial charge in [0, 0.05) is 23.9 Å². The number of hydrogen-bond donors (Lipinski definition) is 0. The van der Waals surface area contributed by atoms with Crippen molar-refractivity contribution in [1.82, 2.24) is 5.06 Å². The van der Waals surface area contributed by atoms with E-state index in [1.807, 2.05) is 0 Å². The summed E-state index contributed by atoms with van der Waals surface area (Å²) >= 11 is 0. The average molecular weight is 514 g/mol. The molecule has 0 aromatic heterocycles. The van der Waals surface area contributed by atoms with Gasteiger partial charge in [-0.2, -0.15) is 5.06 Å². The minimum absolute atomic E-state index is 0.235. The van der Waals surface area contributed by atoms with Crippen LogP contribution in [0.3, 0.4) is 0 Å². The van der Waals surface area contributed by atoms with Crippen molar-refractivity contribution in [2.45, 2.75) is 142 Å². The van der Waals surface area contributed by atoms with Crippen LogP contribution in [0.15, 0.2) is 0 Å². The van der Waals surface area contributed by atoms with Crippen LogP contribution < -0.4 is 0 Å². The van der Waals surface area contributed by atoms with Gasteiger partial charge in [-0.25, -0.2) is 4.79 Å². The Labute approximate surface area is 220 Å². The van der Waals surface area contributed by atoms with Gasteiger partial charge in [0.2, 0.25) is 0 Å². The van der Waals surface area contributed by atoms with Gasteiger partial charge >= 0.3 is 6.16 Å². The van der Waals surface area contributed by atoms with E-state index in [1.54, 1.807) is 6.92 Å². The third kappa shape index (κ3) is 9.14. The highest BCUT2D eigenvalue weighted by Crippen LogP contribution is 2.49. The molecule has 0 unspecified atom stereocenters. The summed E-state index contributed by atoms with van der Waals surface area (Å²) in [6.07, 6.45) is 13.4. The molecule has 7 nitrogen and oxygen atoms in total. The van der Waals surface area contributed by atoms with Crippen molar-refractivity contribution in [1.29, 1.82) is 0 Å². The smallest absolute Gasteiger partial charge is 0.435 e. The van der Waals surface area contributed by atoms with Crippen LogP contribution in [0.5, 0.6) is 0 Å². The molecule has 1 spiro atoms. The number of piperidine rings is 1. The Hall–Kier alpha value is -0.890. The number of hydroxylamine groups is 2. The molecule has 2 saturated heterocycles. The molecule has 0 aromatic carbocycles. The van der Waals surface area contributed by atoms with Gasteiger partial charge in [0.1, 0.15) is 6.61 Å². The van der Waals surface area contributed by atoms with E-state index in [9.17, 15) is 4.79 Å². The predicted molar refractivity (Wildman–Crippen MR) is 143 cm³/mol. The van der Waals surface area contributed by atoms with Gasteiger partial charge < -0.3 is 18.9 Å².